The number of amides is 1. The second kappa shape index (κ2) is 5.44. The van der Waals surface area contributed by atoms with Crippen LogP contribution in [0.4, 0.5) is 8.78 Å². The van der Waals surface area contributed by atoms with Gasteiger partial charge in [-0.05, 0) is 36.9 Å². The van der Waals surface area contributed by atoms with Gasteiger partial charge >= 0.3 is 0 Å². The third-order valence-electron chi connectivity index (χ3n) is 3.39. The Labute approximate surface area is 105 Å². The molecule has 1 aromatic carbocycles. The minimum absolute atomic E-state index is 0.114. The van der Waals surface area contributed by atoms with Crippen LogP contribution in [0.2, 0.25) is 0 Å². The molecule has 2 unspecified atom stereocenters. The van der Waals surface area contributed by atoms with Gasteiger partial charge in [0.2, 0.25) is 5.91 Å². The van der Waals surface area contributed by atoms with Crippen molar-refractivity contribution < 1.29 is 13.6 Å². The van der Waals surface area contributed by atoms with Gasteiger partial charge in [-0.25, -0.2) is 8.78 Å². The monoisotopic (exact) mass is 254 g/mol. The van der Waals surface area contributed by atoms with Gasteiger partial charge in [0, 0.05) is 7.05 Å². The van der Waals surface area contributed by atoms with E-state index >= 15 is 0 Å². The molecule has 0 saturated carbocycles. The Morgan fingerprint density at radius 1 is 1.44 bits per heavy atom. The van der Waals surface area contributed by atoms with E-state index in [0.29, 0.717) is 24.9 Å². The van der Waals surface area contributed by atoms with Gasteiger partial charge in [-0.2, -0.15) is 0 Å². The molecule has 3 nitrogen and oxygen atoms in total. The maximum Gasteiger partial charge on any atom is 0.236 e. The van der Waals surface area contributed by atoms with E-state index < -0.39 is 11.6 Å². The van der Waals surface area contributed by atoms with Gasteiger partial charge in [0.25, 0.3) is 0 Å². The Hall–Kier alpha value is -1.49. The van der Waals surface area contributed by atoms with Crippen LogP contribution in [-0.2, 0) is 4.79 Å². The number of piperidine rings is 1. The molecule has 5 heteroatoms. The average Bonchev–Trinajstić information content (AvgIpc) is 2.41. The van der Waals surface area contributed by atoms with Gasteiger partial charge in [0.1, 0.15) is 0 Å². The van der Waals surface area contributed by atoms with E-state index in [1.54, 1.807) is 13.1 Å². The van der Waals surface area contributed by atoms with Crippen molar-refractivity contribution in [1.29, 1.82) is 0 Å². The molecule has 1 aliphatic heterocycles. The zero-order chi connectivity index (χ0) is 13.1. The van der Waals surface area contributed by atoms with Gasteiger partial charge in [-0.15, -0.1) is 0 Å². The predicted octanol–water partition coefficient (Wildman–Crippen LogP) is 1.55. The maximum atomic E-state index is 13.7. The molecule has 0 bridgehead atoms. The van der Waals surface area contributed by atoms with Crippen LogP contribution in [-0.4, -0.2) is 25.5 Å². The summed E-state index contributed by atoms with van der Waals surface area (Å²) in [6.07, 6.45) is 1.19. The highest BCUT2D eigenvalue weighted by atomic mass is 19.2. The lowest BCUT2D eigenvalue weighted by Crippen LogP contribution is -2.47. The fourth-order valence-corrected chi connectivity index (χ4v) is 2.41. The van der Waals surface area contributed by atoms with E-state index in [1.807, 2.05) is 0 Å². The number of benzene rings is 1. The van der Waals surface area contributed by atoms with Crippen LogP contribution in [0.1, 0.15) is 24.3 Å². The largest absolute Gasteiger partial charge is 0.358 e. The van der Waals surface area contributed by atoms with Crippen molar-refractivity contribution in [3.05, 3.63) is 35.4 Å². The van der Waals surface area contributed by atoms with Crippen molar-refractivity contribution in [1.82, 2.24) is 10.6 Å². The van der Waals surface area contributed by atoms with Gasteiger partial charge in [0.15, 0.2) is 11.6 Å². The van der Waals surface area contributed by atoms with Crippen molar-refractivity contribution in [3.63, 3.8) is 0 Å². The van der Waals surface area contributed by atoms with E-state index in [9.17, 15) is 13.6 Å². The quantitative estimate of drug-likeness (QED) is 0.840. The molecule has 1 saturated heterocycles. The van der Waals surface area contributed by atoms with Gasteiger partial charge < -0.3 is 10.6 Å². The molecule has 98 valence electrons. The lowest BCUT2D eigenvalue weighted by Gasteiger charge is -2.29. The zero-order valence-electron chi connectivity index (χ0n) is 10.2. The Bertz CT molecular complexity index is 451. The number of carbonyl (C=O) groups excluding carboxylic acids is 1. The fourth-order valence-electron chi connectivity index (χ4n) is 2.41. The van der Waals surface area contributed by atoms with E-state index in [-0.39, 0.29) is 17.9 Å². The van der Waals surface area contributed by atoms with Crippen LogP contribution in [0.5, 0.6) is 0 Å². The van der Waals surface area contributed by atoms with Crippen molar-refractivity contribution in [2.45, 2.75) is 24.8 Å². The third-order valence-corrected chi connectivity index (χ3v) is 3.39. The normalized spacial score (nSPS) is 23.7. The summed E-state index contributed by atoms with van der Waals surface area (Å²) in [5.74, 6) is -1.86. The zero-order valence-corrected chi connectivity index (χ0v) is 10.2. The Balaban J connectivity index is 2.18. The summed E-state index contributed by atoms with van der Waals surface area (Å²) in [5.41, 5.74) is 0.366. The number of halogens is 2. The number of carbonyl (C=O) groups is 1. The van der Waals surface area contributed by atoms with Gasteiger partial charge in [-0.1, -0.05) is 12.1 Å². The first kappa shape index (κ1) is 13.0. The third kappa shape index (κ3) is 2.51. The van der Waals surface area contributed by atoms with Crippen LogP contribution in [0.25, 0.3) is 0 Å². The first-order valence-electron chi connectivity index (χ1n) is 6.02. The number of rotatable bonds is 2. The first-order valence-corrected chi connectivity index (χ1v) is 6.02. The topological polar surface area (TPSA) is 41.1 Å². The number of likely N-dealkylation sites (N-methyl/N-ethyl adjacent to an activating group) is 1. The molecule has 0 aliphatic carbocycles. The average molecular weight is 254 g/mol. The Kier molecular flexibility index (Phi) is 3.91. The second-order valence-electron chi connectivity index (χ2n) is 4.49. The number of nitrogens with one attached hydrogen (secondary N) is 2. The van der Waals surface area contributed by atoms with Crippen molar-refractivity contribution in [3.8, 4) is 0 Å². The molecule has 0 aromatic heterocycles. The molecule has 0 spiro atoms. The van der Waals surface area contributed by atoms with Crippen LogP contribution in [0.3, 0.4) is 0 Å². The highest BCUT2D eigenvalue weighted by molar-refractivity contribution is 5.81. The lowest BCUT2D eigenvalue weighted by atomic mass is 9.86. The maximum absolute atomic E-state index is 13.7. The lowest BCUT2D eigenvalue weighted by molar-refractivity contribution is -0.123. The molecular formula is C13H16F2N2O. The van der Waals surface area contributed by atoms with E-state index in [2.05, 4.69) is 10.6 Å². The van der Waals surface area contributed by atoms with Crippen molar-refractivity contribution >= 4 is 5.91 Å². The molecule has 2 N–H and O–H groups in total. The van der Waals surface area contributed by atoms with Crippen molar-refractivity contribution in [2.75, 3.05) is 13.6 Å². The van der Waals surface area contributed by atoms with Crippen molar-refractivity contribution in [2.24, 2.45) is 0 Å². The smallest absolute Gasteiger partial charge is 0.236 e. The molecule has 2 atom stereocenters. The number of hydrogen-bond donors (Lipinski definition) is 2. The second-order valence-corrected chi connectivity index (χ2v) is 4.49. The number of hydrogen-bond acceptors (Lipinski definition) is 2. The predicted molar refractivity (Wildman–Crippen MR) is 64.2 cm³/mol. The van der Waals surface area contributed by atoms with E-state index in [4.69, 9.17) is 0 Å². The minimum Gasteiger partial charge on any atom is -0.358 e. The molecule has 1 aromatic rings. The molecule has 1 aliphatic rings. The minimum atomic E-state index is -0.831. The first-order chi connectivity index (χ1) is 8.63. The van der Waals surface area contributed by atoms with Crippen LogP contribution < -0.4 is 10.6 Å². The van der Waals surface area contributed by atoms with Crippen LogP contribution >= 0.6 is 0 Å². The summed E-state index contributed by atoms with van der Waals surface area (Å²) in [5, 5.41) is 5.64. The Morgan fingerprint density at radius 2 is 2.22 bits per heavy atom. The molecule has 1 heterocycles. The van der Waals surface area contributed by atoms with Gasteiger partial charge in [-0.3, -0.25) is 4.79 Å². The van der Waals surface area contributed by atoms with Crippen LogP contribution in [0.15, 0.2) is 18.2 Å². The summed E-state index contributed by atoms with van der Waals surface area (Å²) in [6.45, 7) is 0.624. The standard InChI is InChI=1S/C13H16F2N2O/c1-16-13(18)11-7-8(5-6-17-11)9-3-2-4-10(14)12(9)15/h2-4,8,11,17H,5-7H2,1H3,(H,16,18). The summed E-state index contributed by atoms with van der Waals surface area (Å²) >= 11 is 0. The summed E-state index contributed by atoms with van der Waals surface area (Å²) in [4.78, 5) is 11.6. The molecule has 1 amide bonds. The molecule has 2 rings (SSSR count). The van der Waals surface area contributed by atoms with E-state index in [0.717, 1.165) is 6.07 Å². The highest BCUT2D eigenvalue weighted by Crippen LogP contribution is 2.30. The fraction of sp³-hybridized carbons (Fsp3) is 0.462. The van der Waals surface area contributed by atoms with Crippen LogP contribution in [0, 0.1) is 11.6 Å². The molecular weight excluding hydrogens is 238 g/mol. The molecule has 18 heavy (non-hydrogen) atoms. The SMILES string of the molecule is CNC(=O)C1CC(c2cccc(F)c2F)CCN1. The molecule has 1 fully saturated rings. The highest BCUT2D eigenvalue weighted by Gasteiger charge is 2.29. The summed E-state index contributed by atoms with van der Waals surface area (Å²) < 4.78 is 26.9. The molecule has 0 radical (unpaired) electrons. The van der Waals surface area contributed by atoms with Gasteiger partial charge in [0.05, 0.1) is 6.04 Å². The summed E-state index contributed by atoms with van der Waals surface area (Å²) in [7, 11) is 1.57. The van der Waals surface area contributed by atoms with E-state index in [1.165, 1.54) is 6.07 Å². The Morgan fingerprint density at radius 3 is 2.94 bits per heavy atom. The summed E-state index contributed by atoms with van der Waals surface area (Å²) in [6, 6.07) is 3.87.